The van der Waals surface area contributed by atoms with Gasteiger partial charge in [-0.15, -0.1) is 0 Å². The van der Waals surface area contributed by atoms with E-state index in [9.17, 15) is 14.7 Å². The fraction of sp³-hybridized carbons (Fsp3) is 0.500. The first-order chi connectivity index (χ1) is 9.95. The summed E-state index contributed by atoms with van der Waals surface area (Å²) in [5, 5.41) is 12.0. The van der Waals surface area contributed by atoms with E-state index in [0.717, 1.165) is 13.0 Å². The number of benzene rings is 1. The lowest BCUT2D eigenvalue weighted by atomic mass is 10.1. The van der Waals surface area contributed by atoms with Crippen LogP contribution in [0.3, 0.4) is 0 Å². The van der Waals surface area contributed by atoms with Gasteiger partial charge >= 0.3 is 0 Å². The monoisotopic (exact) mass is 290 g/mol. The molecule has 114 valence electrons. The summed E-state index contributed by atoms with van der Waals surface area (Å²) in [6.45, 7) is 5.46. The van der Waals surface area contributed by atoms with Crippen LogP contribution < -0.4 is 5.32 Å². The minimum atomic E-state index is -0.293. The number of hydrogen-bond acceptors (Lipinski definition) is 3. The summed E-state index contributed by atoms with van der Waals surface area (Å²) < 4.78 is 0. The third-order valence-corrected chi connectivity index (χ3v) is 3.70. The first kappa shape index (κ1) is 15.4. The third-order valence-electron chi connectivity index (χ3n) is 3.70. The second-order valence-corrected chi connectivity index (χ2v) is 5.96. The summed E-state index contributed by atoms with van der Waals surface area (Å²) >= 11 is 0. The van der Waals surface area contributed by atoms with E-state index in [1.807, 2.05) is 0 Å². The van der Waals surface area contributed by atoms with E-state index in [2.05, 4.69) is 19.2 Å². The molecular formula is C16H22N2O3. The maximum atomic E-state index is 12.2. The van der Waals surface area contributed by atoms with Crippen LogP contribution in [-0.4, -0.2) is 34.9 Å². The van der Waals surface area contributed by atoms with E-state index in [1.54, 1.807) is 17.0 Å². The second kappa shape index (κ2) is 6.61. The van der Waals surface area contributed by atoms with Crippen LogP contribution in [-0.2, 0) is 9.59 Å². The van der Waals surface area contributed by atoms with Crippen LogP contribution in [0, 0.1) is 11.8 Å². The van der Waals surface area contributed by atoms with E-state index in [4.69, 9.17) is 0 Å². The number of rotatable bonds is 5. The molecule has 1 aromatic rings. The quantitative estimate of drug-likeness (QED) is 0.817. The van der Waals surface area contributed by atoms with Crippen LogP contribution in [0.5, 0.6) is 5.75 Å². The predicted octanol–water partition coefficient (Wildman–Crippen LogP) is 2.23. The summed E-state index contributed by atoms with van der Waals surface area (Å²) in [5.41, 5.74) is 0.630. The van der Waals surface area contributed by atoms with Crippen molar-refractivity contribution in [3.05, 3.63) is 24.3 Å². The van der Waals surface area contributed by atoms with Crippen molar-refractivity contribution in [3.8, 4) is 5.75 Å². The topological polar surface area (TPSA) is 69.6 Å². The minimum absolute atomic E-state index is 0.0570. The molecule has 2 N–H and O–H groups in total. The van der Waals surface area contributed by atoms with Gasteiger partial charge in [-0.1, -0.05) is 13.8 Å². The Morgan fingerprint density at radius 3 is 2.67 bits per heavy atom. The van der Waals surface area contributed by atoms with Gasteiger partial charge in [0, 0.05) is 25.2 Å². The van der Waals surface area contributed by atoms with Crippen molar-refractivity contribution < 1.29 is 14.7 Å². The molecule has 0 aliphatic carbocycles. The maximum absolute atomic E-state index is 12.2. The Morgan fingerprint density at radius 1 is 1.38 bits per heavy atom. The molecule has 0 radical (unpaired) electrons. The lowest BCUT2D eigenvalue weighted by Crippen LogP contribution is -2.29. The Balaban J connectivity index is 1.89. The Bertz CT molecular complexity index is 511. The highest BCUT2D eigenvalue weighted by atomic mass is 16.3. The van der Waals surface area contributed by atoms with E-state index in [0.29, 0.717) is 18.2 Å². The van der Waals surface area contributed by atoms with Crippen LogP contribution in [0.1, 0.15) is 26.7 Å². The molecule has 0 spiro atoms. The number of likely N-dealkylation sites (tertiary alicyclic amines) is 1. The zero-order valence-corrected chi connectivity index (χ0v) is 12.5. The second-order valence-electron chi connectivity index (χ2n) is 5.96. The summed E-state index contributed by atoms with van der Waals surface area (Å²) in [4.78, 5) is 25.9. The number of nitrogens with zero attached hydrogens (tertiary/aromatic N) is 1. The fourth-order valence-electron chi connectivity index (χ4n) is 2.37. The molecule has 1 aliphatic rings. The standard InChI is InChI=1S/C16H22N2O3/c1-11(2)7-8-18-10-12(9-15(18)20)16(21)17-13-3-5-14(19)6-4-13/h3-6,11-12,19H,7-10H2,1-2H3,(H,17,21). The maximum Gasteiger partial charge on any atom is 0.229 e. The average molecular weight is 290 g/mol. The summed E-state index contributed by atoms with van der Waals surface area (Å²) in [5.74, 6) is 0.327. The molecule has 2 amide bonds. The SMILES string of the molecule is CC(C)CCN1CC(C(=O)Nc2ccc(O)cc2)CC1=O. The molecule has 21 heavy (non-hydrogen) atoms. The van der Waals surface area contributed by atoms with Gasteiger partial charge < -0.3 is 15.3 Å². The molecule has 1 saturated heterocycles. The van der Waals surface area contributed by atoms with E-state index in [-0.39, 0.29) is 29.9 Å². The van der Waals surface area contributed by atoms with Crippen molar-refractivity contribution in [1.82, 2.24) is 4.90 Å². The number of carbonyl (C=O) groups is 2. The van der Waals surface area contributed by atoms with Crippen molar-refractivity contribution >= 4 is 17.5 Å². The van der Waals surface area contributed by atoms with Crippen molar-refractivity contribution in [2.45, 2.75) is 26.7 Å². The number of hydrogen-bond donors (Lipinski definition) is 2. The van der Waals surface area contributed by atoms with E-state index >= 15 is 0 Å². The van der Waals surface area contributed by atoms with Gasteiger partial charge in [-0.05, 0) is 36.6 Å². The van der Waals surface area contributed by atoms with E-state index in [1.165, 1.54) is 12.1 Å². The first-order valence-electron chi connectivity index (χ1n) is 7.33. The zero-order chi connectivity index (χ0) is 15.4. The van der Waals surface area contributed by atoms with Crippen molar-refractivity contribution in [1.29, 1.82) is 0 Å². The lowest BCUT2D eigenvalue weighted by molar-refractivity contribution is -0.128. The largest absolute Gasteiger partial charge is 0.508 e. The molecule has 0 bridgehead atoms. The molecule has 5 nitrogen and oxygen atoms in total. The molecule has 1 heterocycles. The molecule has 5 heteroatoms. The Hall–Kier alpha value is -2.04. The summed E-state index contributed by atoms with van der Waals surface area (Å²) in [6, 6.07) is 6.32. The number of nitrogens with one attached hydrogen (secondary N) is 1. The Kier molecular flexibility index (Phi) is 4.83. The molecular weight excluding hydrogens is 268 g/mol. The van der Waals surface area contributed by atoms with Crippen molar-refractivity contribution in [2.24, 2.45) is 11.8 Å². The van der Waals surface area contributed by atoms with Gasteiger partial charge in [0.1, 0.15) is 5.75 Å². The first-order valence-corrected chi connectivity index (χ1v) is 7.33. The predicted molar refractivity (Wildman–Crippen MR) is 80.9 cm³/mol. The van der Waals surface area contributed by atoms with E-state index < -0.39 is 0 Å². The number of phenolic OH excluding ortho intramolecular Hbond substituents is 1. The van der Waals surface area contributed by atoms with Gasteiger partial charge in [0.25, 0.3) is 0 Å². The minimum Gasteiger partial charge on any atom is -0.508 e. The molecule has 0 aromatic heterocycles. The van der Waals surface area contributed by atoms with Crippen LogP contribution >= 0.6 is 0 Å². The normalized spacial score (nSPS) is 18.3. The van der Waals surface area contributed by atoms with Crippen LogP contribution in [0.4, 0.5) is 5.69 Å². The number of anilines is 1. The lowest BCUT2D eigenvalue weighted by Gasteiger charge is -2.17. The smallest absolute Gasteiger partial charge is 0.229 e. The fourth-order valence-corrected chi connectivity index (χ4v) is 2.37. The van der Waals surface area contributed by atoms with Crippen LogP contribution in [0.25, 0.3) is 0 Å². The Labute approximate surface area is 125 Å². The molecule has 0 saturated carbocycles. The number of carbonyl (C=O) groups excluding carboxylic acids is 2. The number of amides is 2. The van der Waals surface area contributed by atoms with Gasteiger partial charge in [-0.2, -0.15) is 0 Å². The van der Waals surface area contributed by atoms with Crippen molar-refractivity contribution in [3.63, 3.8) is 0 Å². The van der Waals surface area contributed by atoms with Gasteiger partial charge in [0.15, 0.2) is 0 Å². The molecule has 2 rings (SSSR count). The highest BCUT2D eigenvalue weighted by molar-refractivity contribution is 5.97. The molecule has 1 unspecified atom stereocenters. The number of phenols is 1. The zero-order valence-electron chi connectivity index (χ0n) is 12.5. The highest BCUT2D eigenvalue weighted by Crippen LogP contribution is 2.21. The van der Waals surface area contributed by atoms with Gasteiger partial charge in [-0.25, -0.2) is 0 Å². The molecule has 1 fully saturated rings. The van der Waals surface area contributed by atoms with Gasteiger partial charge in [0.05, 0.1) is 5.92 Å². The van der Waals surface area contributed by atoms with Gasteiger partial charge in [-0.3, -0.25) is 9.59 Å². The van der Waals surface area contributed by atoms with Crippen LogP contribution in [0.15, 0.2) is 24.3 Å². The molecule has 1 atom stereocenters. The summed E-state index contributed by atoms with van der Waals surface area (Å²) in [7, 11) is 0. The molecule has 1 aromatic carbocycles. The Morgan fingerprint density at radius 2 is 2.05 bits per heavy atom. The highest BCUT2D eigenvalue weighted by Gasteiger charge is 2.33. The summed E-state index contributed by atoms with van der Waals surface area (Å²) in [6.07, 6.45) is 1.24. The van der Waals surface area contributed by atoms with Gasteiger partial charge in [0.2, 0.25) is 11.8 Å². The molecule has 1 aliphatic heterocycles. The van der Waals surface area contributed by atoms with Crippen LogP contribution in [0.2, 0.25) is 0 Å². The number of aromatic hydroxyl groups is 1. The van der Waals surface area contributed by atoms with Crippen molar-refractivity contribution in [2.75, 3.05) is 18.4 Å². The third kappa shape index (κ3) is 4.21. The average Bonchev–Trinajstić information content (AvgIpc) is 2.80.